The minimum atomic E-state index is -0.0169. The van der Waals surface area contributed by atoms with Gasteiger partial charge in [-0.1, -0.05) is 0 Å². The van der Waals surface area contributed by atoms with Crippen molar-refractivity contribution in [2.24, 2.45) is 0 Å². The summed E-state index contributed by atoms with van der Waals surface area (Å²) in [5.41, 5.74) is 0.881. The highest BCUT2D eigenvalue weighted by molar-refractivity contribution is 5.53. The van der Waals surface area contributed by atoms with Gasteiger partial charge in [0.2, 0.25) is 5.75 Å². The van der Waals surface area contributed by atoms with Crippen LogP contribution >= 0.6 is 0 Å². The lowest BCUT2D eigenvalue weighted by Crippen LogP contribution is -1.92. The number of methoxy groups -OCH3 is 2. The Kier molecular flexibility index (Phi) is 3.85. The smallest absolute Gasteiger partial charge is 0.200 e. The van der Waals surface area contributed by atoms with Gasteiger partial charge in [-0.05, 0) is 30.2 Å². The van der Waals surface area contributed by atoms with Gasteiger partial charge in [0.15, 0.2) is 11.5 Å². The fraction of sp³-hybridized carbons (Fsp3) is 0.273. The third-order valence-electron chi connectivity index (χ3n) is 2.00. The first-order chi connectivity index (χ1) is 7.22. The van der Waals surface area contributed by atoms with Crippen LogP contribution in [0.3, 0.4) is 0 Å². The van der Waals surface area contributed by atoms with Crippen molar-refractivity contribution in [2.45, 2.75) is 6.42 Å². The van der Waals surface area contributed by atoms with Crippen LogP contribution in [0.4, 0.5) is 0 Å². The van der Waals surface area contributed by atoms with E-state index in [1.807, 2.05) is 0 Å². The van der Waals surface area contributed by atoms with Crippen molar-refractivity contribution < 1.29 is 19.7 Å². The highest BCUT2D eigenvalue weighted by Gasteiger charge is 2.10. The average molecular weight is 210 g/mol. The Morgan fingerprint density at radius 2 is 1.73 bits per heavy atom. The predicted molar refractivity (Wildman–Crippen MR) is 56.7 cm³/mol. The van der Waals surface area contributed by atoms with E-state index < -0.39 is 0 Å². The molecule has 0 aromatic heterocycles. The van der Waals surface area contributed by atoms with Crippen LogP contribution in [-0.2, 0) is 6.42 Å². The van der Waals surface area contributed by atoms with Gasteiger partial charge in [0.05, 0.1) is 20.5 Å². The highest BCUT2D eigenvalue weighted by atomic mass is 16.5. The number of hydrogen-bond acceptors (Lipinski definition) is 4. The summed E-state index contributed by atoms with van der Waals surface area (Å²) in [4.78, 5) is 0. The molecule has 0 aliphatic carbocycles. The first-order valence-electron chi connectivity index (χ1n) is 4.46. The number of rotatable bonds is 4. The van der Waals surface area contributed by atoms with Crippen LogP contribution in [0.15, 0.2) is 24.5 Å². The van der Waals surface area contributed by atoms with Gasteiger partial charge in [0.1, 0.15) is 0 Å². The second-order valence-corrected chi connectivity index (χ2v) is 2.94. The van der Waals surface area contributed by atoms with Gasteiger partial charge in [-0.15, -0.1) is 0 Å². The van der Waals surface area contributed by atoms with Crippen LogP contribution in [-0.4, -0.2) is 24.4 Å². The first kappa shape index (κ1) is 11.2. The summed E-state index contributed by atoms with van der Waals surface area (Å²) in [6.07, 6.45) is 3.11. The van der Waals surface area contributed by atoms with Crippen molar-refractivity contribution >= 4 is 0 Å². The summed E-state index contributed by atoms with van der Waals surface area (Å²) in [5, 5.41) is 18.2. The molecule has 0 saturated carbocycles. The Bertz CT molecular complexity index is 333. The Morgan fingerprint density at radius 1 is 1.20 bits per heavy atom. The summed E-state index contributed by atoms with van der Waals surface area (Å²) in [5.74, 6) is 0.697. The lowest BCUT2D eigenvalue weighted by Gasteiger charge is -2.10. The molecular weight excluding hydrogens is 196 g/mol. The molecule has 4 heteroatoms. The standard InChI is InChI=1S/C11H14O4/c1-14-9-6-8(4-3-5-12)7-10(15-2)11(9)13/h3,5-7,12-13H,4H2,1-2H3. The lowest BCUT2D eigenvalue weighted by atomic mass is 10.1. The molecule has 0 atom stereocenters. The van der Waals surface area contributed by atoms with E-state index in [9.17, 15) is 5.11 Å². The van der Waals surface area contributed by atoms with Gasteiger partial charge in [-0.2, -0.15) is 0 Å². The number of ether oxygens (including phenoxy) is 2. The zero-order chi connectivity index (χ0) is 11.3. The maximum atomic E-state index is 9.62. The molecule has 0 saturated heterocycles. The summed E-state index contributed by atoms with van der Waals surface area (Å²) >= 11 is 0. The zero-order valence-corrected chi connectivity index (χ0v) is 8.73. The third-order valence-corrected chi connectivity index (χ3v) is 2.00. The van der Waals surface area contributed by atoms with Crippen molar-refractivity contribution in [3.63, 3.8) is 0 Å². The first-order valence-corrected chi connectivity index (χ1v) is 4.46. The number of hydrogen-bond donors (Lipinski definition) is 2. The van der Waals surface area contributed by atoms with E-state index in [1.54, 1.807) is 18.2 Å². The number of aromatic hydroxyl groups is 1. The number of benzene rings is 1. The van der Waals surface area contributed by atoms with E-state index in [0.29, 0.717) is 17.9 Å². The fourth-order valence-electron chi connectivity index (χ4n) is 1.25. The molecule has 0 amide bonds. The molecule has 1 aromatic rings. The van der Waals surface area contributed by atoms with Crippen LogP contribution in [0, 0.1) is 0 Å². The van der Waals surface area contributed by atoms with E-state index in [1.165, 1.54) is 14.2 Å². The Hall–Kier alpha value is -1.84. The SMILES string of the molecule is COc1cc(CC=CO)cc(OC)c1O. The summed E-state index contributed by atoms with van der Waals surface area (Å²) in [7, 11) is 2.94. The molecular formula is C11H14O4. The lowest BCUT2D eigenvalue weighted by molar-refractivity contribution is 0.339. The van der Waals surface area contributed by atoms with E-state index in [4.69, 9.17) is 14.6 Å². The van der Waals surface area contributed by atoms with Gasteiger partial charge in [-0.25, -0.2) is 0 Å². The van der Waals surface area contributed by atoms with E-state index in [-0.39, 0.29) is 5.75 Å². The minimum Gasteiger partial charge on any atom is -0.516 e. The summed E-state index contributed by atoms with van der Waals surface area (Å²) < 4.78 is 9.98. The molecule has 0 radical (unpaired) electrons. The fourth-order valence-corrected chi connectivity index (χ4v) is 1.25. The van der Waals surface area contributed by atoms with Crippen molar-refractivity contribution in [2.75, 3.05) is 14.2 Å². The second-order valence-electron chi connectivity index (χ2n) is 2.94. The normalized spacial score (nSPS) is 10.5. The van der Waals surface area contributed by atoms with Gasteiger partial charge in [-0.3, -0.25) is 0 Å². The molecule has 4 nitrogen and oxygen atoms in total. The number of phenolic OH excluding ortho intramolecular Hbond substituents is 1. The van der Waals surface area contributed by atoms with Crippen molar-refractivity contribution in [1.29, 1.82) is 0 Å². The van der Waals surface area contributed by atoms with E-state index in [2.05, 4.69) is 0 Å². The molecule has 15 heavy (non-hydrogen) atoms. The van der Waals surface area contributed by atoms with Gasteiger partial charge >= 0.3 is 0 Å². The molecule has 0 aliphatic rings. The van der Waals surface area contributed by atoms with Crippen LogP contribution in [0.2, 0.25) is 0 Å². The highest BCUT2D eigenvalue weighted by Crippen LogP contribution is 2.37. The number of aliphatic hydroxyl groups is 1. The van der Waals surface area contributed by atoms with Crippen molar-refractivity contribution in [3.05, 3.63) is 30.0 Å². The van der Waals surface area contributed by atoms with Gasteiger partial charge in [0.25, 0.3) is 0 Å². The van der Waals surface area contributed by atoms with Crippen LogP contribution in [0.1, 0.15) is 5.56 Å². The second kappa shape index (κ2) is 5.14. The van der Waals surface area contributed by atoms with Crippen LogP contribution in [0.25, 0.3) is 0 Å². The molecule has 0 fully saturated rings. The van der Waals surface area contributed by atoms with Gasteiger partial charge < -0.3 is 19.7 Å². The average Bonchev–Trinajstić information content (AvgIpc) is 2.27. The third kappa shape index (κ3) is 2.56. The maximum Gasteiger partial charge on any atom is 0.200 e. The largest absolute Gasteiger partial charge is 0.516 e. The summed E-state index contributed by atoms with van der Waals surface area (Å²) in [6.45, 7) is 0. The van der Waals surface area contributed by atoms with E-state index >= 15 is 0 Å². The predicted octanol–water partition coefficient (Wildman–Crippen LogP) is 2.02. The molecule has 0 aliphatic heterocycles. The Morgan fingerprint density at radius 3 is 2.13 bits per heavy atom. The number of allylic oxidation sites excluding steroid dienone is 1. The Balaban J connectivity index is 3.08. The van der Waals surface area contributed by atoms with Crippen LogP contribution in [0.5, 0.6) is 17.2 Å². The molecule has 1 rings (SSSR count). The zero-order valence-electron chi connectivity index (χ0n) is 8.73. The maximum absolute atomic E-state index is 9.62. The van der Waals surface area contributed by atoms with Crippen molar-refractivity contribution in [3.8, 4) is 17.2 Å². The van der Waals surface area contributed by atoms with Crippen LogP contribution < -0.4 is 9.47 Å². The monoisotopic (exact) mass is 210 g/mol. The molecule has 82 valence electrons. The minimum absolute atomic E-state index is 0.0169. The topological polar surface area (TPSA) is 58.9 Å². The van der Waals surface area contributed by atoms with E-state index in [0.717, 1.165) is 11.8 Å². The van der Waals surface area contributed by atoms with Gasteiger partial charge in [0, 0.05) is 0 Å². The molecule has 2 N–H and O–H groups in total. The molecule has 0 unspecified atom stereocenters. The quantitative estimate of drug-likeness (QED) is 0.746. The number of phenols is 1. The molecule has 0 bridgehead atoms. The number of aliphatic hydroxyl groups excluding tert-OH is 1. The molecule has 1 aromatic carbocycles. The molecule has 0 spiro atoms. The Labute approximate surface area is 88.4 Å². The summed E-state index contributed by atoms with van der Waals surface area (Å²) in [6, 6.07) is 3.38. The molecule has 0 heterocycles. The van der Waals surface area contributed by atoms with Crippen molar-refractivity contribution in [1.82, 2.24) is 0 Å².